The summed E-state index contributed by atoms with van der Waals surface area (Å²) in [6.07, 6.45) is 6.54. The Bertz CT molecular complexity index is 1710. The highest BCUT2D eigenvalue weighted by molar-refractivity contribution is 6.08. The zero-order valence-corrected chi connectivity index (χ0v) is 19.6. The van der Waals surface area contributed by atoms with E-state index in [1.54, 1.807) is 30.7 Å². The SMILES string of the molecule is C#Cc1cc(C(F)F)c(-c2c(-c3ccc(Oc4nccc(C)n4)c(F)c3)c3c(N)ncnc3n2C)cn1. The molecule has 0 atom stereocenters. The summed E-state index contributed by atoms with van der Waals surface area (Å²) in [5.41, 5.74) is 8.01. The van der Waals surface area contributed by atoms with Gasteiger partial charge in [-0.05, 0) is 36.8 Å². The second kappa shape index (κ2) is 9.23. The standard InChI is InChI=1S/C26H18F3N7O/c1-4-15-10-16(23(28)29)17(11-32-15)22-20(21-24(30)33-12-34-25(21)36(22)3)14-5-6-19(18(27)9-14)37-26-31-8-7-13(2)35-26/h1,5-12,23H,2-3H3,(H2,30,33,34). The molecule has 37 heavy (non-hydrogen) atoms. The Hall–Kier alpha value is -4.98. The minimum absolute atomic E-state index is 0.0172. The van der Waals surface area contributed by atoms with Crippen LogP contribution in [0.3, 0.4) is 0 Å². The van der Waals surface area contributed by atoms with E-state index in [9.17, 15) is 8.78 Å². The van der Waals surface area contributed by atoms with E-state index >= 15 is 4.39 Å². The maximum atomic E-state index is 15.3. The van der Waals surface area contributed by atoms with Crippen LogP contribution in [-0.2, 0) is 7.05 Å². The Balaban J connectivity index is 1.74. The van der Waals surface area contributed by atoms with Gasteiger partial charge in [0, 0.05) is 41.8 Å². The van der Waals surface area contributed by atoms with E-state index < -0.39 is 12.2 Å². The topological polar surface area (TPSA) is 105 Å². The van der Waals surface area contributed by atoms with Gasteiger partial charge in [0.25, 0.3) is 6.43 Å². The van der Waals surface area contributed by atoms with Gasteiger partial charge in [-0.3, -0.25) is 0 Å². The molecule has 184 valence electrons. The molecule has 0 fully saturated rings. The molecule has 8 nitrogen and oxygen atoms in total. The van der Waals surface area contributed by atoms with Crippen molar-refractivity contribution in [1.82, 2.24) is 29.5 Å². The van der Waals surface area contributed by atoms with Crippen LogP contribution in [-0.4, -0.2) is 29.5 Å². The van der Waals surface area contributed by atoms with Crippen LogP contribution < -0.4 is 10.5 Å². The van der Waals surface area contributed by atoms with Crippen LogP contribution in [0.2, 0.25) is 0 Å². The van der Waals surface area contributed by atoms with Crippen LogP contribution in [0.4, 0.5) is 19.0 Å². The maximum Gasteiger partial charge on any atom is 0.322 e. The Morgan fingerprint density at radius 2 is 1.92 bits per heavy atom. The molecular formula is C26H18F3N7O. The zero-order valence-electron chi connectivity index (χ0n) is 19.6. The van der Waals surface area contributed by atoms with Crippen LogP contribution in [0.5, 0.6) is 11.8 Å². The third-order valence-corrected chi connectivity index (χ3v) is 5.77. The first-order chi connectivity index (χ1) is 17.8. The van der Waals surface area contributed by atoms with Gasteiger partial charge in [0.2, 0.25) is 0 Å². The number of nitrogen functional groups attached to an aromatic ring is 1. The molecule has 5 aromatic rings. The molecule has 1 aromatic carbocycles. The number of halogens is 3. The number of nitrogens with two attached hydrogens (primary N) is 1. The number of terminal acetylenes is 1. The van der Waals surface area contributed by atoms with Crippen molar-refractivity contribution in [3.05, 3.63) is 71.8 Å². The third-order valence-electron chi connectivity index (χ3n) is 5.77. The van der Waals surface area contributed by atoms with Gasteiger partial charge in [-0.2, -0.15) is 0 Å². The smallest absolute Gasteiger partial charge is 0.322 e. The Labute approximate surface area is 209 Å². The first-order valence-corrected chi connectivity index (χ1v) is 10.9. The van der Waals surface area contributed by atoms with E-state index in [4.69, 9.17) is 16.9 Å². The maximum absolute atomic E-state index is 15.3. The molecule has 0 amide bonds. The minimum Gasteiger partial charge on any atom is -0.421 e. The lowest BCUT2D eigenvalue weighted by molar-refractivity contribution is 0.152. The molecule has 0 radical (unpaired) electrons. The molecule has 4 heterocycles. The molecule has 2 N–H and O–H groups in total. The van der Waals surface area contributed by atoms with Gasteiger partial charge < -0.3 is 15.0 Å². The number of anilines is 1. The summed E-state index contributed by atoms with van der Waals surface area (Å²) >= 11 is 0. The van der Waals surface area contributed by atoms with E-state index in [1.165, 1.54) is 30.9 Å². The van der Waals surface area contributed by atoms with Crippen molar-refractivity contribution in [1.29, 1.82) is 0 Å². The highest BCUT2D eigenvalue weighted by Crippen LogP contribution is 2.44. The molecule has 0 bridgehead atoms. The Kier molecular flexibility index (Phi) is 5.93. The van der Waals surface area contributed by atoms with Crippen molar-refractivity contribution in [2.24, 2.45) is 7.05 Å². The molecule has 0 saturated heterocycles. The normalized spacial score (nSPS) is 11.2. The fraction of sp³-hybridized carbons (Fsp3) is 0.115. The van der Waals surface area contributed by atoms with Crippen molar-refractivity contribution < 1.29 is 17.9 Å². The summed E-state index contributed by atoms with van der Waals surface area (Å²) in [6, 6.07) is 6.99. The van der Waals surface area contributed by atoms with Crippen LogP contribution in [0.1, 0.15) is 23.4 Å². The number of aromatic nitrogens is 6. The predicted octanol–water partition coefficient (Wildman–Crippen LogP) is 5.23. The van der Waals surface area contributed by atoms with Crippen molar-refractivity contribution in [2.45, 2.75) is 13.3 Å². The zero-order chi connectivity index (χ0) is 26.3. The fourth-order valence-electron chi connectivity index (χ4n) is 4.11. The summed E-state index contributed by atoms with van der Waals surface area (Å²) in [4.78, 5) is 20.5. The summed E-state index contributed by atoms with van der Waals surface area (Å²) in [7, 11) is 1.64. The number of rotatable bonds is 5. The van der Waals surface area contributed by atoms with E-state index in [0.29, 0.717) is 33.5 Å². The number of benzene rings is 1. The number of hydrogen-bond donors (Lipinski definition) is 1. The average Bonchev–Trinajstić information content (AvgIpc) is 3.18. The van der Waals surface area contributed by atoms with Gasteiger partial charge in [0.1, 0.15) is 23.5 Å². The molecule has 11 heteroatoms. The van der Waals surface area contributed by atoms with Crippen molar-refractivity contribution in [3.63, 3.8) is 0 Å². The first-order valence-electron chi connectivity index (χ1n) is 10.9. The van der Waals surface area contributed by atoms with Gasteiger partial charge >= 0.3 is 6.01 Å². The number of nitrogens with zero attached hydrogens (tertiary/aromatic N) is 6. The van der Waals surface area contributed by atoms with E-state index in [1.807, 2.05) is 0 Å². The molecule has 0 spiro atoms. The van der Waals surface area contributed by atoms with Gasteiger partial charge in [0.15, 0.2) is 11.6 Å². The molecule has 0 aliphatic rings. The van der Waals surface area contributed by atoms with E-state index in [2.05, 4.69) is 30.8 Å². The number of pyridine rings is 1. The number of hydrogen-bond acceptors (Lipinski definition) is 7. The second-order valence-corrected chi connectivity index (χ2v) is 8.07. The van der Waals surface area contributed by atoms with Crippen molar-refractivity contribution in [2.75, 3.05) is 5.73 Å². The predicted molar refractivity (Wildman–Crippen MR) is 131 cm³/mol. The highest BCUT2D eigenvalue weighted by atomic mass is 19.3. The monoisotopic (exact) mass is 501 g/mol. The lowest BCUT2D eigenvalue weighted by Crippen LogP contribution is -2.00. The molecule has 0 saturated carbocycles. The minimum atomic E-state index is -2.86. The van der Waals surface area contributed by atoms with Gasteiger partial charge in [0.05, 0.1) is 11.1 Å². The molecule has 0 unspecified atom stereocenters. The van der Waals surface area contributed by atoms with Gasteiger partial charge in [-0.15, -0.1) is 6.42 Å². The van der Waals surface area contributed by atoms with Crippen molar-refractivity contribution >= 4 is 16.9 Å². The van der Waals surface area contributed by atoms with E-state index in [-0.39, 0.29) is 34.4 Å². The number of aryl methyl sites for hydroxylation is 2. The third kappa shape index (κ3) is 4.18. The molecular weight excluding hydrogens is 483 g/mol. The van der Waals surface area contributed by atoms with Gasteiger partial charge in [-0.25, -0.2) is 38.1 Å². The lowest BCUT2D eigenvalue weighted by Gasteiger charge is -2.14. The Morgan fingerprint density at radius 3 is 2.62 bits per heavy atom. The van der Waals surface area contributed by atoms with Crippen LogP contribution >= 0.6 is 0 Å². The second-order valence-electron chi connectivity index (χ2n) is 8.07. The Morgan fingerprint density at radius 1 is 1.11 bits per heavy atom. The first kappa shape index (κ1) is 23.7. The molecule has 0 aliphatic carbocycles. The largest absolute Gasteiger partial charge is 0.421 e. The summed E-state index contributed by atoms with van der Waals surface area (Å²) in [6.45, 7) is 1.75. The summed E-state index contributed by atoms with van der Waals surface area (Å²) < 4.78 is 50.6. The summed E-state index contributed by atoms with van der Waals surface area (Å²) in [5.74, 6) is 1.52. The highest BCUT2D eigenvalue weighted by Gasteiger charge is 2.26. The molecule has 4 aromatic heterocycles. The number of ether oxygens (including phenoxy) is 1. The quantitative estimate of drug-likeness (QED) is 0.329. The van der Waals surface area contributed by atoms with Crippen LogP contribution in [0.25, 0.3) is 33.4 Å². The number of fused-ring (bicyclic) bond motifs is 1. The average molecular weight is 501 g/mol. The molecule has 0 aliphatic heterocycles. The van der Waals surface area contributed by atoms with Crippen LogP contribution in [0, 0.1) is 25.1 Å². The fourth-order valence-corrected chi connectivity index (χ4v) is 4.11. The van der Waals surface area contributed by atoms with E-state index in [0.717, 1.165) is 6.07 Å². The van der Waals surface area contributed by atoms with Crippen LogP contribution in [0.15, 0.2) is 49.1 Å². The summed E-state index contributed by atoms with van der Waals surface area (Å²) in [5, 5.41) is 0.372. The number of alkyl halides is 2. The molecule has 5 rings (SSSR count). The van der Waals surface area contributed by atoms with Gasteiger partial charge in [-0.1, -0.05) is 12.0 Å². The van der Waals surface area contributed by atoms with Crippen molar-refractivity contribution in [3.8, 4) is 46.5 Å². The lowest BCUT2D eigenvalue weighted by atomic mass is 9.96.